The minimum atomic E-state index is 0. The molecule has 0 bridgehead atoms. The van der Waals surface area contributed by atoms with Crippen LogP contribution in [-0.4, -0.2) is 18.5 Å². The maximum absolute atomic E-state index is 12.2. The van der Waals surface area contributed by atoms with Crippen LogP contribution in [0.2, 0.25) is 0 Å². The van der Waals surface area contributed by atoms with Crippen molar-refractivity contribution in [1.82, 2.24) is 5.32 Å². The number of carbonyl (C=O) groups is 1. The minimum absolute atomic E-state index is 0. The van der Waals surface area contributed by atoms with Gasteiger partial charge in [-0.15, -0.1) is 23.7 Å². The lowest BCUT2D eigenvalue weighted by Gasteiger charge is -2.15. The number of fused-ring (bicyclic) bond motifs is 3. The fourth-order valence-corrected chi connectivity index (χ4v) is 3.87. The molecule has 1 aromatic heterocycles. The molecule has 22 heavy (non-hydrogen) atoms. The minimum Gasteiger partial charge on any atom is -0.351 e. The van der Waals surface area contributed by atoms with Crippen molar-refractivity contribution in [2.24, 2.45) is 5.73 Å². The summed E-state index contributed by atoms with van der Waals surface area (Å²) in [5.74, 6) is 0.0209. The van der Waals surface area contributed by atoms with E-state index in [1.54, 1.807) is 11.3 Å². The number of amides is 1. The van der Waals surface area contributed by atoms with Gasteiger partial charge < -0.3 is 11.1 Å². The summed E-state index contributed by atoms with van der Waals surface area (Å²) in [5.41, 5.74) is 9.68. The second kappa shape index (κ2) is 7.27. The van der Waals surface area contributed by atoms with Crippen LogP contribution in [0.1, 0.15) is 34.1 Å². The van der Waals surface area contributed by atoms with Gasteiger partial charge >= 0.3 is 0 Å². The Kier molecular flexibility index (Phi) is 5.62. The Balaban J connectivity index is 0.00000176. The molecule has 3 rings (SSSR count). The van der Waals surface area contributed by atoms with Gasteiger partial charge in [0.25, 0.3) is 5.91 Å². The number of rotatable bonds is 4. The number of nitrogens with two attached hydrogens (primary N) is 1. The van der Waals surface area contributed by atoms with Crippen LogP contribution >= 0.6 is 23.7 Å². The van der Waals surface area contributed by atoms with Crippen LogP contribution in [-0.2, 0) is 12.8 Å². The second-order valence-electron chi connectivity index (χ2n) is 5.64. The van der Waals surface area contributed by atoms with Crippen LogP contribution in [0.25, 0.3) is 10.4 Å². The molecule has 0 radical (unpaired) electrons. The molecular weight excluding hydrogens is 316 g/mol. The highest BCUT2D eigenvalue weighted by atomic mass is 35.5. The zero-order chi connectivity index (χ0) is 14.8. The Hall–Kier alpha value is -1.36. The fourth-order valence-electron chi connectivity index (χ4n) is 2.68. The molecule has 0 spiro atoms. The Morgan fingerprint density at radius 2 is 2.05 bits per heavy atom. The van der Waals surface area contributed by atoms with E-state index in [0.717, 1.165) is 24.1 Å². The summed E-state index contributed by atoms with van der Waals surface area (Å²) in [7, 11) is 0. The first-order valence-electron chi connectivity index (χ1n) is 7.40. The Morgan fingerprint density at radius 3 is 2.82 bits per heavy atom. The maximum Gasteiger partial charge on any atom is 0.261 e. The Bertz CT molecular complexity index is 666. The third-order valence-corrected chi connectivity index (χ3v) is 5.05. The standard InChI is InChI=1S/C17H20N2OS.ClH/c1-11(18)8-9-19-17(20)15-10-13-7-6-12-4-2-3-5-14(12)16(13)21-15;/h2-5,10-11H,6-9,18H2,1H3,(H,19,20);1H. The largest absolute Gasteiger partial charge is 0.351 e. The molecule has 1 unspecified atom stereocenters. The smallest absolute Gasteiger partial charge is 0.261 e. The van der Waals surface area contributed by atoms with Crippen LogP contribution in [0.15, 0.2) is 30.3 Å². The predicted octanol–water partition coefficient (Wildman–Crippen LogP) is 3.40. The van der Waals surface area contributed by atoms with Crippen molar-refractivity contribution in [3.05, 3.63) is 46.3 Å². The molecule has 1 heterocycles. The fraction of sp³-hybridized carbons (Fsp3) is 0.353. The van der Waals surface area contributed by atoms with E-state index in [2.05, 4.69) is 35.6 Å². The molecule has 1 aromatic carbocycles. The molecule has 0 fully saturated rings. The quantitative estimate of drug-likeness (QED) is 0.899. The van der Waals surface area contributed by atoms with E-state index in [4.69, 9.17) is 5.73 Å². The Labute approximate surface area is 141 Å². The number of benzene rings is 1. The highest BCUT2D eigenvalue weighted by Gasteiger charge is 2.21. The number of thiophene rings is 1. The molecule has 1 aliphatic rings. The lowest BCUT2D eigenvalue weighted by Crippen LogP contribution is -2.28. The summed E-state index contributed by atoms with van der Waals surface area (Å²) in [6, 6.07) is 10.7. The lowest BCUT2D eigenvalue weighted by atomic mass is 9.91. The number of halogens is 1. The second-order valence-corrected chi connectivity index (χ2v) is 6.70. The number of hydrogen-bond donors (Lipinski definition) is 2. The summed E-state index contributed by atoms with van der Waals surface area (Å²) in [6.07, 6.45) is 2.89. The average molecular weight is 337 g/mol. The molecule has 1 amide bonds. The molecule has 118 valence electrons. The van der Waals surface area contributed by atoms with E-state index in [0.29, 0.717) is 6.54 Å². The molecule has 0 saturated heterocycles. The molecule has 3 nitrogen and oxygen atoms in total. The SMILES string of the molecule is CC(N)CCNC(=O)c1cc2c(s1)-c1ccccc1CC2.Cl. The summed E-state index contributed by atoms with van der Waals surface area (Å²) >= 11 is 1.60. The van der Waals surface area contributed by atoms with Gasteiger partial charge in [0, 0.05) is 17.5 Å². The summed E-state index contributed by atoms with van der Waals surface area (Å²) < 4.78 is 0. The van der Waals surface area contributed by atoms with Gasteiger partial charge in [-0.2, -0.15) is 0 Å². The predicted molar refractivity (Wildman–Crippen MR) is 95.0 cm³/mol. The van der Waals surface area contributed by atoms with Crippen LogP contribution in [0.5, 0.6) is 0 Å². The monoisotopic (exact) mass is 336 g/mol. The van der Waals surface area contributed by atoms with E-state index >= 15 is 0 Å². The van der Waals surface area contributed by atoms with Gasteiger partial charge in [-0.1, -0.05) is 24.3 Å². The number of hydrogen-bond acceptors (Lipinski definition) is 3. The zero-order valence-corrected chi connectivity index (χ0v) is 14.2. The summed E-state index contributed by atoms with van der Waals surface area (Å²) in [4.78, 5) is 14.3. The van der Waals surface area contributed by atoms with Crippen molar-refractivity contribution >= 4 is 29.7 Å². The van der Waals surface area contributed by atoms with Crippen LogP contribution in [0.4, 0.5) is 0 Å². The van der Waals surface area contributed by atoms with Gasteiger partial charge in [0.1, 0.15) is 0 Å². The van der Waals surface area contributed by atoms with Crippen molar-refractivity contribution < 1.29 is 4.79 Å². The third kappa shape index (κ3) is 3.51. The molecule has 2 aromatic rings. The highest BCUT2D eigenvalue weighted by molar-refractivity contribution is 7.17. The van der Waals surface area contributed by atoms with E-state index in [-0.39, 0.29) is 24.4 Å². The molecule has 1 atom stereocenters. The number of nitrogens with one attached hydrogen (secondary N) is 1. The van der Waals surface area contributed by atoms with Crippen molar-refractivity contribution in [3.8, 4) is 10.4 Å². The van der Waals surface area contributed by atoms with Crippen molar-refractivity contribution in [2.75, 3.05) is 6.54 Å². The van der Waals surface area contributed by atoms with Crippen molar-refractivity contribution in [1.29, 1.82) is 0 Å². The normalized spacial score (nSPS) is 13.5. The van der Waals surface area contributed by atoms with Gasteiger partial charge in [-0.25, -0.2) is 0 Å². The maximum atomic E-state index is 12.2. The zero-order valence-electron chi connectivity index (χ0n) is 12.6. The number of carbonyl (C=O) groups excluding carboxylic acids is 1. The average Bonchev–Trinajstić information content (AvgIpc) is 2.91. The summed E-state index contributed by atoms with van der Waals surface area (Å²) in [5, 5.41) is 2.95. The van der Waals surface area contributed by atoms with Gasteiger partial charge in [0.2, 0.25) is 0 Å². The first kappa shape index (κ1) is 17.0. The molecule has 3 N–H and O–H groups in total. The number of aryl methyl sites for hydroxylation is 2. The molecule has 5 heteroatoms. The van der Waals surface area contributed by atoms with E-state index < -0.39 is 0 Å². The highest BCUT2D eigenvalue weighted by Crippen LogP contribution is 2.39. The lowest BCUT2D eigenvalue weighted by molar-refractivity contribution is 0.0957. The molecule has 0 aliphatic heterocycles. The third-order valence-electron chi connectivity index (χ3n) is 3.84. The van der Waals surface area contributed by atoms with Gasteiger partial charge in [-0.3, -0.25) is 4.79 Å². The van der Waals surface area contributed by atoms with Gasteiger partial charge in [-0.05, 0) is 48.9 Å². The van der Waals surface area contributed by atoms with Crippen molar-refractivity contribution in [3.63, 3.8) is 0 Å². The van der Waals surface area contributed by atoms with E-state index in [1.807, 2.05) is 6.92 Å². The van der Waals surface area contributed by atoms with Gasteiger partial charge in [0.05, 0.1) is 4.88 Å². The molecule has 1 aliphatic carbocycles. The van der Waals surface area contributed by atoms with E-state index in [1.165, 1.54) is 21.6 Å². The Morgan fingerprint density at radius 1 is 1.32 bits per heavy atom. The van der Waals surface area contributed by atoms with Crippen LogP contribution in [0, 0.1) is 0 Å². The van der Waals surface area contributed by atoms with E-state index in [9.17, 15) is 4.79 Å². The first-order valence-corrected chi connectivity index (χ1v) is 8.21. The summed E-state index contributed by atoms with van der Waals surface area (Å²) in [6.45, 7) is 2.59. The van der Waals surface area contributed by atoms with Crippen LogP contribution < -0.4 is 11.1 Å². The molecular formula is C17H21ClN2OS. The van der Waals surface area contributed by atoms with Crippen molar-refractivity contribution in [2.45, 2.75) is 32.2 Å². The molecule has 0 saturated carbocycles. The topological polar surface area (TPSA) is 55.1 Å². The van der Waals surface area contributed by atoms with Crippen LogP contribution in [0.3, 0.4) is 0 Å². The van der Waals surface area contributed by atoms with Gasteiger partial charge in [0.15, 0.2) is 0 Å². The first-order chi connectivity index (χ1) is 10.1.